The second-order valence-corrected chi connectivity index (χ2v) is 5.34. The van der Waals surface area contributed by atoms with Crippen LogP contribution >= 0.6 is 11.8 Å². The van der Waals surface area contributed by atoms with E-state index in [0.29, 0.717) is 5.75 Å². The molecule has 0 atom stereocenters. The molecule has 0 spiro atoms. The maximum absolute atomic E-state index is 12.0. The molecule has 0 aromatic heterocycles. The van der Waals surface area contributed by atoms with Crippen LogP contribution in [0.2, 0.25) is 0 Å². The van der Waals surface area contributed by atoms with E-state index in [2.05, 4.69) is 31.8 Å². The molecule has 0 unspecified atom stereocenters. The highest BCUT2D eigenvalue weighted by molar-refractivity contribution is 8.15. The van der Waals surface area contributed by atoms with Crippen molar-refractivity contribution in [2.24, 2.45) is 4.99 Å². The van der Waals surface area contributed by atoms with Gasteiger partial charge in [0, 0.05) is 6.54 Å². The highest BCUT2D eigenvalue weighted by Gasteiger charge is 2.30. The van der Waals surface area contributed by atoms with E-state index in [1.54, 1.807) is 4.90 Å². The third kappa shape index (κ3) is 2.43. The lowest BCUT2D eigenvalue weighted by Gasteiger charge is -2.19. The van der Waals surface area contributed by atoms with Crippen LogP contribution in [0, 0.1) is 13.8 Å². The molecule has 1 aromatic carbocycles. The Labute approximate surface area is 112 Å². The van der Waals surface area contributed by atoms with Crippen molar-refractivity contribution in [3.8, 4) is 0 Å². The minimum Gasteiger partial charge on any atom is -0.273 e. The molecule has 4 heteroatoms. The van der Waals surface area contributed by atoms with E-state index >= 15 is 0 Å². The molecule has 1 aromatic rings. The standard InChI is InChI=1S/C14H18N2OS/c1-4-8-15-14-16(13(17)9-18-14)12-7-5-6-10(2)11(12)3/h5-7H,4,8-9H2,1-3H3/b15-14-. The number of amides is 1. The molecule has 0 aliphatic carbocycles. The summed E-state index contributed by atoms with van der Waals surface area (Å²) in [4.78, 5) is 18.3. The number of aliphatic imine (C=N–C) groups is 1. The number of amidine groups is 1. The zero-order valence-corrected chi connectivity index (χ0v) is 11.9. The maximum atomic E-state index is 12.0. The minimum atomic E-state index is 0.128. The molecule has 1 saturated heterocycles. The summed E-state index contributed by atoms with van der Waals surface area (Å²) in [5, 5.41) is 0.843. The molecular weight excluding hydrogens is 244 g/mol. The average Bonchev–Trinajstić information content (AvgIpc) is 2.72. The van der Waals surface area contributed by atoms with E-state index in [4.69, 9.17) is 0 Å². The van der Waals surface area contributed by atoms with Gasteiger partial charge in [0.1, 0.15) is 0 Å². The van der Waals surface area contributed by atoms with Crippen molar-refractivity contribution >= 4 is 28.5 Å². The number of hydrogen-bond acceptors (Lipinski definition) is 3. The fraction of sp³-hybridized carbons (Fsp3) is 0.429. The summed E-state index contributed by atoms with van der Waals surface area (Å²) in [6, 6.07) is 6.05. The Morgan fingerprint density at radius 3 is 2.89 bits per heavy atom. The van der Waals surface area contributed by atoms with Gasteiger partial charge >= 0.3 is 0 Å². The number of carbonyl (C=O) groups excluding carboxylic acids is 1. The Balaban J connectivity index is 2.40. The van der Waals surface area contributed by atoms with Crippen molar-refractivity contribution in [2.45, 2.75) is 27.2 Å². The van der Waals surface area contributed by atoms with Crippen LogP contribution < -0.4 is 4.90 Å². The predicted molar refractivity (Wildman–Crippen MR) is 78.5 cm³/mol. The van der Waals surface area contributed by atoms with Gasteiger partial charge < -0.3 is 0 Å². The minimum absolute atomic E-state index is 0.128. The first-order valence-corrected chi connectivity index (χ1v) is 7.20. The fourth-order valence-electron chi connectivity index (χ4n) is 1.90. The molecule has 1 aliphatic rings. The monoisotopic (exact) mass is 262 g/mol. The molecule has 0 N–H and O–H groups in total. The summed E-state index contributed by atoms with van der Waals surface area (Å²) in [7, 11) is 0. The molecule has 0 saturated carbocycles. The van der Waals surface area contributed by atoms with Gasteiger partial charge in [-0.1, -0.05) is 30.8 Å². The molecule has 1 fully saturated rings. The number of thioether (sulfide) groups is 1. The van der Waals surface area contributed by atoms with Crippen molar-refractivity contribution in [2.75, 3.05) is 17.2 Å². The Hall–Kier alpha value is -1.29. The van der Waals surface area contributed by atoms with Crippen molar-refractivity contribution in [1.82, 2.24) is 0 Å². The zero-order valence-electron chi connectivity index (χ0n) is 11.1. The number of anilines is 1. The number of benzene rings is 1. The summed E-state index contributed by atoms with van der Waals surface area (Å²) >= 11 is 1.53. The first-order chi connectivity index (χ1) is 8.65. The summed E-state index contributed by atoms with van der Waals surface area (Å²) in [6.45, 7) is 6.98. The zero-order chi connectivity index (χ0) is 13.1. The van der Waals surface area contributed by atoms with Gasteiger partial charge in [-0.3, -0.25) is 14.7 Å². The number of carbonyl (C=O) groups is 1. The summed E-state index contributed by atoms with van der Waals surface area (Å²) in [5.74, 6) is 0.624. The largest absolute Gasteiger partial charge is 0.273 e. The predicted octanol–water partition coefficient (Wildman–Crippen LogP) is 3.15. The molecule has 0 bridgehead atoms. The van der Waals surface area contributed by atoms with Crippen LogP contribution in [0.25, 0.3) is 0 Å². The van der Waals surface area contributed by atoms with E-state index in [1.807, 2.05) is 12.1 Å². The van der Waals surface area contributed by atoms with Gasteiger partial charge in [-0.05, 0) is 37.5 Å². The summed E-state index contributed by atoms with van der Waals surface area (Å²) in [5.41, 5.74) is 3.32. The number of nitrogens with zero attached hydrogens (tertiary/aromatic N) is 2. The van der Waals surface area contributed by atoms with Crippen LogP contribution in [-0.4, -0.2) is 23.4 Å². The van der Waals surface area contributed by atoms with Crippen LogP contribution in [0.15, 0.2) is 23.2 Å². The normalized spacial score (nSPS) is 17.8. The van der Waals surface area contributed by atoms with Crippen LogP contribution in [0.1, 0.15) is 24.5 Å². The second kappa shape index (κ2) is 5.57. The van der Waals surface area contributed by atoms with Gasteiger partial charge in [-0.15, -0.1) is 0 Å². The second-order valence-electron chi connectivity index (χ2n) is 4.40. The number of aryl methyl sites for hydroxylation is 1. The fourth-order valence-corrected chi connectivity index (χ4v) is 2.79. The quantitative estimate of drug-likeness (QED) is 0.838. The topological polar surface area (TPSA) is 32.7 Å². The van der Waals surface area contributed by atoms with Gasteiger partial charge in [-0.2, -0.15) is 0 Å². The van der Waals surface area contributed by atoms with Gasteiger partial charge in [0.15, 0.2) is 5.17 Å². The Morgan fingerprint density at radius 2 is 2.17 bits per heavy atom. The summed E-state index contributed by atoms with van der Waals surface area (Å²) in [6.07, 6.45) is 0.999. The van der Waals surface area contributed by atoms with E-state index in [1.165, 1.54) is 17.3 Å². The van der Waals surface area contributed by atoms with Crippen LogP contribution in [0.5, 0.6) is 0 Å². The van der Waals surface area contributed by atoms with E-state index in [9.17, 15) is 4.79 Å². The van der Waals surface area contributed by atoms with Crippen LogP contribution in [-0.2, 0) is 4.79 Å². The first kappa shape index (κ1) is 13.1. The molecule has 1 amide bonds. The van der Waals surface area contributed by atoms with Crippen molar-refractivity contribution in [3.05, 3.63) is 29.3 Å². The Kier molecular flexibility index (Phi) is 4.07. The van der Waals surface area contributed by atoms with Gasteiger partial charge in [-0.25, -0.2) is 0 Å². The van der Waals surface area contributed by atoms with Gasteiger partial charge in [0.05, 0.1) is 11.4 Å². The highest BCUT2D eigenvalue weighted by Crippen LogP contribution is 2.30. The number of hydrogen-bond donors (Lipinski definition) is 0. The highest BCUT2D eigenvalue weighted by atomic mass is 32.2. The lowest BCUT2D eigenvalue weighted by atomic mass is 10.1. The molecule has 1 aliphatic heterocycles. The van der Waals surface area contributed by atoms with Gasteiger partial charge in [0.2, 0.25) is 5.91 Å². The lowest BCUT2D eigenvalue weighted by molar-refractivity contribution is -0.115. The number of rotatable bonds is 3. The molecule has 3 nitrogen and oxygen atoms in total. The lowest BCUT2D eigenvalue weighted by Crippen LogP contribution is -2.30. The maximum Gasteiger partial charge on any atom is 0.243 e. The third-order valence-corrected chi connectivity index (χ3v) is 4.01. The van der Waals surface area contributed by atoms with Crippen LogP contribution in [0.3, 0.4) is 0 Å². The van der Waals surface area contributed by atoms with E-state index in [-0.39, 0.29) is 5.91 Å². The molecule has 18 heavy (non-hydrogen) atoms. The SMILES string of the molecule is CCC/N=C1\SCC(=O)N1c1cccc(C)c1C. The average molecular weight is 262 g/mol. The Bertz CT molecular complexity index is 497. The smallest absolute Gasteiger partial charge is 0.243 e. The molecule has 96 valence electrons. The van der Waals surface area contributed by atoms with Crippen molar-refractivity contribution in [1.29, 1.82) is 0 Å². The van der Waals surface area contributed by atoms with Crippen molar-refractivity contribution in [3.63, 3.8) is 0 Å². The Morgan fingerprint density at radius 1 is 1.39 bits per heavy atom. The van der Waals surface area contributed by atoms with Crippen molar-refractivity contribution < 1.29 is 4.79 Å². The summed E-state index contributed by atoms with van der Waals surface area (Å²) < 4.78 is 0. The molecule has 0 radical (unpaired) electrons. The first-order valence-electron chi connectivity index (χ1n) is 6.21. The molecule has 2 rings (SSSR count). The third-order valence-electron chi connectivity index (χ3n) is 3.05. The molecular formula is C14H18N2OS. The van der Waals surface area contributed by atoms with E-state index < -0.39 is 0 Å². The van der Waals surface area contributed by atoms with Crippen LogP contribution in [0.4, 0.5) is 5.69 Å². The molecule has 1 heterocycles. The van der Waals surface area contributed by atoms with E-state index in [0.717, 1.165) is 29.4 Å². The van der Waals surface area contributed by atoms with Gasteiger partial charge in [0.25, 0.3) is 0 Å².